The van der Waals surface area contributed by atoms with E-state index in [2.05, 4.69) is 6.92 Å². The molecule has 2 heteroatoms. The number of carbonyl (C=O) groups excluding carboxylic acids is 1. The first-order valence-corrected chi connectivity index (χ1v) is 6.46. The Balaban J connectivity index is 1.76. The molecule has 5 atom stereocenters. The minimum Gasteiger partial charge on any atom is -0.462 e. The van der Waals surface area contributed by atoms with Crippen LogP contribution in [0.3, 0.4) is 0 Å². The zero-order chi connectivity index (χ0) is 10.4. The Kier molecular flexibility index (Phi) is 2.26. The highest BCUT2D eigenvalue weighted by Crippen LogP contribution is 2.48. The minimum atomic E-state index is 0.0589. The normalized spacial score (nSPS) is 49.4. The van der Waals surface area contributed by atoms with Crippen LogP contribution >= 0.6 is 0 Å². The maximum Gasteiger partial charge on any atom is 0.309 e. The fourth-order valence-corrected chi connectivity index (χ4v) is 3.97. The Morgan fingerprint density at radius 2 is 1.80 bits per heavy atom. The van der Waals surface area contributed by atoms with Crippen LogP contribution in [0, 0.1) is 23.7 Å². The van der Waals surface area contributed by atoms with E-state index in [-0.39, 0.29) is 18.0 Å². The first kappa shape index (κ1) is 9.68. The van der Waals surface area contributed by atoms with E-state index in [0.29, 0.717) is 5.92 Å². The third kappa shape index (κ3) is 1.49. The van der Waals surface area contributed by atoms with E-state index < -0.39 is 0 Å². The number of fused-ring (bicyclic) bond motifs is 2. The van der Waals surface area contributed by atoms with Crippen molar-refractivity contribution in [3.8, 4) is 0 Å². The molecule has 1 heterocycles. The van der Waals surface area contributed by atoms with E-state index in [1.165, 1.54) is 32.1 Å². The van der Waals surface area contributed by atoms with Gasteiger partial charge >= 0.3 is 5.97 Å². The second-order valence-electron chi connectivity index (χ2n) is 5.70. The topological polar surface area (TPSA) is 26.3 Å². The summed E-state index contributed by atoms with van der Waals surface area (Å²) in [7, 11) is 0. The predicted octanol–water partition coefficient (Wildman–Crippen LogP) is 2.76. The molecule has 0 aromatic carbocycles. The monoisotopic (exact) mass is 208 g/mol. The van der Waals surface area contributed by atoms with E-state index >= 15 is 0 Å². The molecule has 0 N–H and O–H groups in total. The van der Waals surface area contributed by atoms with Gasteiger partial charge in [-0.05, 0) is 24.7 Å². The van der Waals surface area contributed by atoms with Gasteiger partial charge in [-0.3, -0.25) is 4.79 Å². The zero-order valence-electron chi connectivity index (χ0n) is 9.45. The Labute approximate surface area is 91.4 Å². The Hall–Kier alpha value is -0.530. The highest BCUT2D eigenvalue weighted by molar-refractivity contribution is 5.74. The average Bonchev–Trinajstić information content (AvgIpc) is 2.52. The van der Waals surface area contributed by atoms with E-state index in [4.69, 9.17) is 4.74 Å². The number of carbonyl (C=O) groups is 1. The molecule has 0 aromatic heterocycles. The second kappa shape index (κ2) is 3.50. The molecule has 0 bridgehead atoms. The van der Waals surface area contributed by atoms with Crippen molar-refractivity contribution in [2.45, 2.75) is 51.6 Å². The number of esters is 1. The van der Waals surface area contributed by atoms with Crippen LogP contribution in [0.15, 0.2) is 0 Å². The number of rotatable bonds is 0. The van der Waals surface area contributed by atoms with Crippen molar-refractivity contribution >= 4 is 5.97 Å². The van der Waals surface area contributed by atoms with E-state index in [1.807, 2.05) is 0 Å². The summed E-state index contributed by atoms with van der Waals surface area (Å²) in [4.78, 5) is 11.5. The van der Waals surface area contributed by atoms with E-state index in [0.717, 1.165) is 18.3 Å². The molecule has 2 nitrogen and oxygen atoms in total. The molecule has 1 saturated heterocycles. The molecule has 3 rings (SSSR count). The summed E-state index contributed by atoms with van der Waals surface area (Å²) in [5, 5.41) is 0. The van der Waals surface area contributed by atoms with Crippen LogP contribution in [0.25, 0.3) is 0 Å². The van der Waals surface area contributed by atoms with Crippen LogP contribution in [0.1, 0.15) is 45.4 Å². The zero-order valence-corrected chi connectivity index (χ0v) is 9.45. The van der Waals surface area contributed by atoms with Gasteiger partial charge in [0.25, 0.3) is 0 Å². The first-order valence-electron chi connectivity index (χ1n) is 6.46. The van der Waals surface area contributed by atoms with Gasteiger partial charge in [0.05, 0.1) is 5.92 Å². The standard InChI is InChI=1S/C13H20O2/c1-8-11-6-9-4-2-3-5-10(9)7-12(11)15-13(8)14/h8-12H,2-7H2,1H3/t8-,9?,10-,11?,12?/m0/s1. The summed E-state index contributed by atoms with van der Waals surface area (Å²) in [6.07, 6.45) is 8.25. The van der Waals surface area contributed by atoms with Gasteiger partial charge in [0, 0.05) is 5.92 Å². The summed E-state index contributed by atoms with van der Waals surface area (Å²) in [5.41, 5.74) is 0. The van der Waals surface area contributed by atoms with Crippen LogP contribution in [0.5, 0.6) is 0 Å². The van der Waals surface area contributed by atoms with Crippen molar-refractivity contribution in [3.63, 3.8) is 0 Å². The molecule has 15 heavy (non-hydrogen) atoms. The average molecular weight is 208 g/mol. The van der Waals surface area contributed by atoms with Gasteiger partial charge in [-0.15, -0.1) is 0 Å². The molecule has 3 aliphatic rings. The fraction of sp³-hybridized carbons (Fsp3) is 0.923. The maximum atomic E-state index is 11.5. The van der Waals surface area contributed by atoms with Gasteiger partial charge in [0.1, 0.15) is 6.10 Å². The van der Waals surface area contributed by atoms with Gasteiger partial charge < -0.3 is 4.74 Å². The highest BCUT2D eigenvalue weighted by Gasteiger charge is 2.48. The first-order chi connectivity index (χ1) is 7.25. The Bertz CT molecular complexity index is 274. The number of hydrogen-bond donors (Lipinski definition) is 0. The lowest BCUT2D eigenvalue weighted by molar-refractivity contribution is -0.144. The van der Waals surface area contributed by atoms with Gasteiger partial charge in [-0.25, -0.2) is 0 Å². The summed E-state index contributed by atoms with van der Waals surface area (Å²) < 4.78 is 5.49. The molecule has 0 amide bonds. The van der Waals surface area contributed by atoms with Crippen molar-refractivity contribution in [2.24, 2.45) is 23.7 Å². The van der Waals surface area contributed by atoms with E-state index in [1.54, 1.807) is 0 Å². The predicted molar refractivity (Wildman–Crippen MR) is 57.2 cm³/mol. The molecule has 0 spiro atoms. The van der Waals surface area contributed by atoms with Gasteiger partial charge in [-0.1, -0.05) is 32.6 Å². The molecule has 2 saturated carbocycles. The molecule has 84 valence electrons. The summed E-state index contributed by atoms with van der Waals surface area (Å²) >= 11 is 0. The maximum absolute atomic E-state index is 11.5. The van der Waals surface area contributed by atoms with Crippen molar-refractivity contribution in [1.29, 1.82) is 0 Å². The lowest BCUT2D eigenvalue weighted by Gasteiger charge is -2.40. The lowest BCUT2D eigenvalue weighted by Crippen LogP contribution is -2.36. The Morgan fingerprint density at radius 1 is 1.13 bits per heavy atom. The second-order valence-corrected chi connectivity index (χ2v) is 5.70. The van der Waals surface area contributed by atoms with E-state index in [9.17, 15) is 4.79 Å². The van der Waals surface area contributed by atoms with Crippen molar-refractivity contribution in [2.75, 3.05) is 0 Å². The van der Waals surface area contributed by atoms with Crippen LogP contribution < -0.4 is 0 Å². The SMILES string of the molecule is C[C@@H]1C(=O)OC2C[C@@H]3CCCCC3CC21. The van der Waals surface area contributed by atoms with Crippen LogP contribution in [0.2, 0.25) is 0 Å². The van der Waals surface area contributed by atoms with Crippen LogP contribution in [0.4, 0.5) is 0 Å². The fourth-order valence-electron chi connectivity index (χ4n) is 3.97. The van der Waals surface area contributed by atoms with Crippen molar-refractivity contribution in [3.05, 3.63) is 0 Å². The minimum absolute atomic E-state index is 0.0589. The van der Waals surface area contributed by atoms with Gasteiger partial charge in [0.2, 0.25) is 0 Å². The van der Waals surface area contributed by atoms with Crippen LogP contribution in [-0.2, 0) is 9.53 Å². The lowest BCUT2D eigenvalue weighted by atomic mass is 9.65. The van der Waals surface area contributed by atoms with Gasteiger partial charge in [0.15, 0.2) is 0 Å². The summed E-state index contributed by atoms with van der Waals surface area (Å²) in [6, 6.07) is 0. The molecule has 0 aromatic rings. The third-order valence-corrected chi connectivity index (χ3v) is 4.94. The molecule has 0 radical (unpaired) electrons. The third-order valence-electron chi connectivity index (χ3n) is 4.94. The summed E-state index contributed by atoms with van der Waals surface area (Å²) in [5.74, 6) is 2.52. The number of ether oxygens (including phenoxy) is 1. The van der Waals surface area contributed by atoms with Crippen molar-refractivity contribution in [1.82, 2.24) is 0 Å². The summed E-state index contributed by atoms with van der Waals surface area (Å²) in [6.45, 7) is 2.05. The number of hydrogen-bond acceptors (Lipinski definition) is 2. The smallest absolute Gasteiger partial charge is 0.309 e. The Morgan fingerprint density at radius 3 is 2.53 bits per heavy atom. The molecule has 2 aliphatic carbocycles. The van der Waals surface area contributed by atoms with Crippen molar-refractivity contribution < 1.29 is 9.53 Å². The molecule has 3 fully saturated rings. The molecular formula is C13H20O2. The molecule has 1 aliphatic heterocycles. The molecule has 3 unspecified atom stereocenters. The largest absolute Gasteiger partial charge is 0.462 e. The quantitative estimate of drug-likeness (QED) is 0.572. The molecular weight excluding hydrogens is 188 g/mol. The highest BCUT2D eigenvalue weighted by atomic mass is 16.6. The van der Waals surface area contributed by atoms with Crippen LogP contribution in [-0.4, -0.2) is 12.1 Å². The van der Waals surface area contributed by atoms with Gasteiger partial charge in [-0.2, -0.15) is 0 Å².